The molecule has 16 heavy (non-hydrogen) atoms. The molecule has 94 valence electrons. The van der Waals surface area contributed by atoms with Crippen LogP contribution in [0.4, 0.5) is 26.3 Å². The van der Waals surface area contributed by atoms with E-state index in [2.05, 4.69) is 4.74 Å². The standard InChI is InChI=1S/C8H9F6NO/c1-4-2-15(7(11)6(9)10)3-5(16-4)8(12,13)14/h4-5H,2-3H2,1H3. The highest BCUT2D eigenvalue weighted by molar-refractivity contribution is 4.96. The molecule has 1 aliphatic heterocycles. The lowest BCUT2D eigenvalue weighted by molar-refractivity contribution is -0.250. The van der Waals surface area contributed by atoms with Crippen LogP contribution < -0.4 is 0 Å². The van der Waals surface area contributed by atoms with E-state index in [1.165, 1.54) is 6.92 Å². The minimum atomic E-state index is -4.69. The summed E-state index contributed by atoms with van der Waals surface area (Å²) < 4.78 is 77.9. The van der Waals surface area contributed by atoms with Gasteiger partial charge >= 0.3 is 12.3 Å². The number of hydrogen-bond donors (Lipinski definition) is 0. The fraction of sp³-hybridized carbons (Fsp3) is 0.750. The molecule has 1 fully saturated rings. The van der Waals surface area contributed by atoms with E-state index in [9.17, 15) is 26.3 Å². The van der Waals surface area contributed by atoms with Crippen LogP contribution in [0, 0.1) is 0 Å². The van der Waals surface area contributed by atoms with E-state index >= 15 is 0 Å². The van der Waals surface area contributed by atoms with Gasteiger partial charge in [0.1, 0.15) is 0 Å². The van der Waals surface area contributed by atoms with Gasteiger partial charge in [0.25, 0.3) is 5.95 Å². The molecule has 0 aliphatic carbocycles. The summed E-state index contributed by atoms with van der Waals surface area (Å²) in [6.07, 6.45) is -10.5. The summed E-state index contributed by atoms with van der Waals surface area (Å²) in [7, 11) is 0. The Kier molecular flexibility index (Phi) is 3.72. The fourth-order valence-corrected chi connectivity index (χ4v) is 1.41. The molecule has 0 saturated carbocycles. The van der Waals surface area contributed by atoms with Crippen LogP contribution >= 0.6 is 0 Å². The zero-order chi connectivity index (χ0) is 12.5. The van der Waals surface area contributed by atoms with Crippen molar-refractivity contribution < 1.29 is 31.1 Å². The number of rotatable bonds is 1. The van der Waals surface area contributed by atoms with Gasteiger partial charge < -0.3 is 9.64 Å². The summed E-state index contributed by atoms with van der Waals surface area (Å²) in [4.78, 5) is 0.335. The second-order valence-corrected chi connectivity index (χ2v) is 3.43. The SMILES string of the molecule is CC1CN(C(F)=C(F)F)CC(C(F)(F)F)O1. The summed E-state index contributed by atoms with van der Waals surface area (Å²) in [6, 6.07) is 0. The molecular weight excluding hydrogens is 240 g/mol. The van der Waals surface area contributed by atoms with Crippen molar-refractivity contribution in [3.8, 4) is 0 Å². The largest absolute Gasteiger partial charge is 0.416 e. The zero-order valence-corrected chi connectivity index (χ0v) is 8.19. The van der Waals surface area contributed by atoms with Crippen LogP contribution in [-0.2, 0) is 4.74 Å². The number of nitrogens with zero attached hydrogens (tertiary/aromatic N) is 1. The maximum atomic E-state index is 12.8. The summed E-state index contributed by atoms with van der Waals surface area (Å²) in [5, 5.41) is 0. The van der Waals surface area contributed by atoms with Crippen LogP contribution in [0.1, 0.15) is 6.92 Å². The minimum absolute atomic E-state index is 0.335. The number of hydrogen-bond acceptors (Lipinski definition) is 2. The molecule has 2 nitrogen and oxygen atoms in total. The van der Waals surface area contributed by atoms with E-state index < -0.39 is 37.0 Å². The first-order valence-corrected chi connectivity index (χ1v) is 4.39. The molecular formula is C8H9F6NO. The summed E-state index contributed by atoms with van der Waals surface area (Å²) in [5.41, 5.74) is 0. The number of alkyl halides is 3. The van der Waals surface area contributed by atoms with Crippen molar-refractivity contribution in [2.45, 2.75) is 25.3 Å². The van der Waals surface area contributed by atoms with Gasteiger partial charge in [0.2, 0.25) is 0 Å². The van der Waals surface area contributed by atoms with Crippen molar-refractivity contribution in [3.05, 3.63) is 12.0 Å². The Bertz CT molecular complexity index is 285. The first kappa shape index (κ1) is 13.1. The summed E-state index contributed by atoms with van der Waals surface area (Å²) >= 11 is 0. The number of halogens is 6. The van der Waals surface area contributed by atoms with Crippen molar-refractivity contribution in [2.24, 2.45) is 0 Å². The Morgan fingerprint density at radius 2 is 1.75 bits per heavy atom. The van der Waals surface area contributed by atoms with E-state index in [1.807, 2.05) is 0 Å². The maximum Gasteiger partial charge on any atom is 0.416 e. The lowest BCUT2D eigenvalue weighted by Crippen LogP contribution is -2.51. The average molecular weight is 249 g/mol. The number of ether oxygens (including phenoxy) is 1. The highest BCUT2D eigenvalue weighted by Crippen LogP contribution is 2.30. The third-order valence-electron chi connectivity index (χ3n) is 2.06. The van der Waals surface area contributed by atoms with Gasteiger partial charge in [0.05, 0.1) is 12.6 Å². The minimum Gasteiger partial charge on any atom is -0.362 e. The molecule has 0 spiro atoms. The van der Waals surface area contributed by atoms with Crippen LogP contribution in [0.3, 0.4) is 0 Å². The molecule has 0 bridgehead atoms. The Morgan fingerprint density at radius 3 is 2.19 bits per heavy atom. The quantitative estimate of drug-likeness (QED) is 0.523. The van der Waals surface area contributed by atoms with E-state index in [-0.39, 0.29) is 6.54 Å². The van der Waals surface area contributed by atoms with Crippen molar-refractivity contribution in [1.82, 2.24) is 4.90 Å². The van der Waals surface area contributed by atoms with Gasteiger partial charge in [-0.05, 0) is 6.92 Å². The maximum absolute atomic E-state index is 12.8. The Morgan fingerprint density at radius 1 is 1.19 bits per heavy atom. The lowest BCUT2D eigenvalue weighted by atomic mass is 10.2. The second kappa shape index (κ2) is 4.52. The van der Waals surface area contributed by atoms with Crippen LogP contribution in [0.15, 0.2) is 12.0 Å². The van der Waals surface area contributed by atoms with Crippen LogP contribution in [0.2, 0.25) is 0 Å². The Hall–Kier alpha value is -0.920. The van der Waals surface area contributed by atoms with E-state index in [4.69, 9.17) is 0 Å². The predicted molar refractivity (Wildman–Crippen MR) is 42.3 cm³/mol. The molecule has 1 aliphatic rings. The molecule has 1 saturated heterocycles. The number of morpholine rings is 1. The third-order valence-corrected chi connectivity index (χ3v) is 2.06. The van der Waals surface area contributed by atoms with E-state index in [0.29, 0.717) is 4.90 Å². The monoisotopic (exact) mass is 249 g/mol. The van der Waals surface area contributed by atoms with Gasteiger partial charge in [-0.25, -0.2) is 0 Å². The highest BCUT2D eigenvalue weighted by Gasteiger charge is 2.45. The first-order chi connectivity index (χ1) is 7.21. The van der Waals surface area contributed by atoms with Crippen molar-refractivity contribution in [2.75, 3.05) is 13.1 Å². The first-order valence-electron chi connectivity index (χ1n) is 4.39. The van der Waals surface area contributed by atoms with E-state index in [1.54, 1.807) is 0 Å². The molecule has 0 aromatic rings. The molecule has 2 atom stereocenters. The van der Waals surface area contributed by atoms with Crippen molar-refractivity contribution in [1.29, 1.82) is 0 Å². The highest BCUT2D eigenvalue weighted by atomic mass is 19.4. The van der Waals surface area contributed by atoms with Crippen molar-refractivity contribution in [3.63, 3.8) is 0 Å². The molecule has 2 unspecified atom stereocenters. The normalized spacial score (nSPS) is 26.8. The molecule has 0 amide bonds. The van der Waals surface area contributed by atoms with Crippen LogP contribution in [-0.4, -0.2) is 36.4 Å². The topological polar surface area (TPSA) is 12.5 Å². The molecule has 0 aromatic carbocycles. The van der Waals surface area contributed by atoms with Gasteiger partial charge in [-0.15, -0.1) is 0 Å². The van der Waals surface area contributed by atoms with Gasteiger partial charge in [-0.2, -0.15) is 26.3 Å². The summed E-state index contributed by atoms with van der Waals surface area (Å²) in [5.74, 6) is -1.93. The molecule has 1 rings (SSSR count). The van der Waals surface area contributed by atoms with Gasteiger partial charge in [0.15, 0.2) is 6.10 Å². The smallest absolute Gasteiger partial charge is 0.362 e. The molecule has 1 heterocycles. The van der Waals surface area contributed by atoms with Gasteiger partial charge in [0, 0.05) is 6.54 Å². The predicted octanol–water partition coefficient (Wildman–Crippen LogP) is 2.67. The zero-order valence-electron chi connectivity index (χ0n) is 8.19. The fourth-order valence-electron chi connectivity index (χ4n) is 1.41. The second-order valence-electron chi connectivity index (χ2n) is 3.43. The van der Waals surface area contributed by atoms with E-state index in [0.717, 1.165) is 0 Å². The Balaban J connectivity index is 2.80. The van der Waals surface area contributed by atoms with Crippen LogP contribution in [0.5, 0.6) is 0 Å². The van der Waals surface area contributed by atoms with Crippen molar-refractivity contribution >= 4 is 0 Å². The average Bonchev–Trinajstić information content (AvgIpc) is 2.14. The van der Waals surface area contributed by atoms with Crippen LogP contribution in [0.25, 0.3) is 0 Å². The molecule has 0 N–H and O–H groups in total. The molecule has 0 aromatic heterocycles. The third kappa shape index (κ3) is 3.03. The molecule has 8 heteroatoms. The van der Waals surface area contributed by atoms with Gasteiger partial charge in [-0.1, -0.05) is 0 Å². The summed E-state index contributed by atoms with van der Waals surface area (Å²) in [6.45, 7) is -0.0406. The van der Waals surface area contributed by atoms with Gasteiger partial charge in [-0.3, -0.25) is 0 Å². The molecule has 0 radical (unpaired) electrons. The Labute approximate surface area is 87.5 Å². The lowest BCUT2D eigenvalue weighted by Gasteiger charge is -2.37.